The predicted octanol–water partition coefficient (Wildman–Crippen LogP) is 4.66. The highest BCUT2D eigenvalue weighted by Gasteiger charge is 2.17. The van der Waals surface area contributed by atoms with Crippen LogP contribution >= 0.6 is 34.9 Å². The van der Waals surface area contributed by atoms with E-state index >= 15 is 0 Å². The molecule has 0 spiro atoms. The molecule has 0 aliphatic rings. The highest BCUT2D eigenvalue weighted by atomic mass is 32.1. The fourth-order valence-corrected chi connectivity index (χ4v) is 4.39. The summed E-state index contributed by atoms with van der Waals surface area (Å²) in [5, 5.41) is 8.61. The van der Waals surface area contributed by atoms with Gasteiger partial charge >= 0.3 is 5.97 Å². The summed E-state index contributed by atoms with van der Waals surface area (Å²) in [6.45, 7) is 4.14. The van der Waals surface area contributed by atoms with Gasteiger partial charge in [0, 0.05) is 17.2 Å². The van der Waals surface area contributed by atoms with Crippen LogP contribution in [0.25, 0.3) is 10.7 Å². The van der Waals surface area contributed by atoms with E-state index < -0.39 is 5.97 Å². The highest BCUT2D eigenvalue weighted by Crippen LogP contribution is 2.28. The molecule has 1 N–H and O–H groups in total. The van der Waals surface area contributed by atoms with E-state index in [-0.39, 0.29) is 6.04 Å². The molecular formula is C19H19N3O2S3. The minimum Gasteiger partial charge on any atom is -0.461 e. The molecule has 2 heterocycles. The van der Waals surface area contributed by atoms with Gasteiger partial charge in [0.15, 0.2) is 5.69 Å². The molecule has 0 unspecified atom stereocenters. The van der Waals surface area contributed by atoms with E-state index in [0.29, 0.717) is 23.7 Å². The van der Waals surface area contributed by atoms with E-state index in [1.54, 1.807) is 23.6 Å². The van der Waals surface area contributed by atoms with Gasteiger partial charge in [-0.25, -0.2) is 14.8 Å². The fourth-order valence-electron chi connectivity index (χ4n) is 2.41. The molecule has 27 heavy (non-hydrogen) atoms. The summed E-state index contributed by atoms with van der Waals surface area (Å²) in [6.07, 6.45) is 0.703. The molecule has 0 bridgehead atoms. The average Bonchev–Trinajstić information content (AvgIpc) is 3.32. The first-order valence-corrected chi connectivity index (χ1v) is 10.6. The zero-order valence-electron chi connectivity index (χ0n) is 15.0. The van der Waals surface area contributed by atoms with E-state index in [1.807, 2.05) is 30.5 Å². The van der Waals surface area contributed by atoms with Gasteiger partial charge in [0.1, 0.15) is 15.7 Å². The summed E-state index contributed by atoms with van der Waals surface area (Å²) in [5.74, 6) is -0.406. The van der Waals surface area contributed by atoms with Crippen molar-refractivity contribution in [3.8, 4) is 10.7 Å². The first-order valence-electron chi connectivity index (χ1n) is 8.48. The molecule has 1 aromatic carbocycles. The van der Waals surface area contributed by atoms with Crippen LogP contribution in [0.1, 0.15) is 40.9 Å². The number of carbonyl (C=O) groups excluding carboxylic acids is 1. The SMILES string of the molecule is CCOC(=O)c1csc(-c2csc([C@@H](C)NC(=S)Cc3ccccc3)n2)n1. The molecule has 0 saturated heterocycles. The van der Waals surface area contributed by atoms with E-state index in [9.17, 15) is 4.79 Å². The summed E-state index contributed by atoms with van der Waals surface area (Å²) in [7, 11) is 0. The number of hydrogen-bond acceptors (Lipinski definition) is 7. The van der Waals surface area contributed by atoms with Crippen molar-refractivity contribution < 1.29 is 9.53 Å². The maximum absolute atomic E-state index is 11.8. The number of thiocarbonyl (C=S) groups is 1. The quantitative estimate of drug-likeness (QED) is 0.445. The molecule has 1 atom stereocenters. The molecule has 2 aromatic heterocycles. The Morgan fingerprint density at radius 2 is 2.00 bits per heavy atom. The van der Waals surface area contributed by atoms with Crippen LogP contribution in [0.3, 0.4) is 0 Å². The molecule has 3 aromatic rings. The lowest BCUT2D eigenvalue weighted by Crippen LogP contribution is -2.26. The fraction of sp³-hybridized carbons (Fsp3) is 0.263. The van der Waals surface area contributed by atoms with Crippen LogP contribution in [0.4, 0.5) is 0 Å². The Balaban J connectivity index is 1.63. The number of esters is 1. The summed E-state index contributed by atoms with van der Waals surface area (Å²) in [5.41, 5.74) is 2.26. The van der Waals surface area contributed by atoms with Gasteiger partial charge in [-0.2, -0.15) is 0 Å². The van der Waals surface area contributed by atoms with Crippen molar-refractivity contribution in [2.24, 2.45) is 0 Å². The lowest BCUT2D eigenvalue weighted by Gasteiger charge is -2.13. The van der Waals surface area contributed by atoms with Crippen LogP contribution in [0.5, 0.6) is 0 Å². The van der Waals surface area contributed by atoms with Crippen LogP contribution in [-0.2, 0) is 11.2 Å². The largest absolute Gasteiger partial charge is 0.461 e. The number of carbonyl (C=O) groups is 1. The number of nitrogens with one attached hydrogen (secondary N) is 1. The molecule has 0 saturated carbocycles. The number of hydrogen-bond donors (Lipinski definition) is 1. The van der Waals surface area contributed by atoms with E-state index in [0.717, 1.165) is 15.7 Å². The normalized spacial score (nSPS) is 11.8. The number of rotatable bonds is 7. The van der Waals surface area contributed by atoms with Gasteiger partial charge in [-0.3, -0.25) is 0 Å². The molecule has 0 aliphatic carbocycles. The number of aromatic nitrogens is 2. The van der Waals surface area contributed by atoms with Crippen molar-refractivity contribution in [1.82, 2.24) is 15.3 Å². The van der Waals surface area contributed by atoms with Crippen molar-refractivity contribution in [1.29, 1.82) is 0 Å². The molecule has 0 amide bonds. The van der Waals surface area contributed by atoms with Crippen LogP contribution in [0.2, 0.25) is 0 Å². The van der Waals surface area contributed by atoms with Gasteiger partial charge in [0.25, 0.3) is 0 Å². The molecule has 3 rings (SSSR count). The minimum atomic E-state index is -0.406. The van der Waals surface area contributed by atoms with Crippen molar-refractivity contribution in [2.75, 3.05) is 6.61 Å². The van der Waals surface area contributed by atoms with Gasteiger partial charge < -0.3 is 10.1 Å². The van der Waals surface area contributed by atoms with Gasteiger partial charge in [0.2, 0.25) is 0 Å². The van der Waals surface area contributed by atoms with Gasteiger partial charge in [-0.05, 0) is 19.4 Å². The summed E-state index contributed by atoms with van der Waals surface area (Å²) >= 11 is 8.40. The second kappa shape index (κ2) is 9.16. The number of nitrogens with zero attached hydrogens (tertiary/aromatic N) is 2. The molecule has 0 radical (unpaired) electrons. The third-order valence-corrected chi connectivity index (χ3v) is 5.84. The summed E-state index contributed by atoms with van der Waals surface area (Å²) < 4.78 is 4.98. The Kier molecular flexibility index (Phi) is 6.65. The van der Waals surface area contributed by atoms with Crippen LogP contribution in [0.15, 0.2) is 41.1 Å². The Morgan fingerprint density at radius 3 is 2.74 bits per heavy atom. The second-order valence-corrected chi connectivity index (χ2v) is 8.02. The van der Waals surface area contributed by atoms with Crippen molar-refractivity contribution in [3.05, 3.63) is 57.4 Å². The number of thiazole rings is 2. The van der Waals surface area contributed by atoms with Gasteiger partial charge in [-0.1, -0.05) is 42.5 Å². The Hall–Kier alpha value is -2.16. The minimum absolute atomic E-state index is 0.00412. The van der Waals surface area contributed by atoms with Crippen molar-refractivity contribution >= 4 is 45.8 Å². The third kappa shape index (κ3) is 5.18. The molecule has 0 aliphatic heterocycles. The van der Waals surface area contributed by atoms with Crippen LogP contribution < -0.4 is 5.32 Å². The van der Waals surface area contributed by atoms with Crippen LogP contribution in [0, 0.1) is 0 Å². The van der Waals surface area contributed by atoms with Crippen molar-refractivity contribution in [3.63, 3.8) is 0 Å². The Morgan fingerprint density at radius 1 is 1.22 bits per heavy atom. The molecule has 8 heteroatoms. The van der Waals surface area contributed by atoms with Crippen molar-refractivity contribution in [2.45, 2.75) is 26.3 Å². The van der Waals surface area contributed by atoms with Gasteiger partial charge in [0.05, 0.1) is 17.6 Å². The molecule has 5 nitrogen and oxygen atoms in total. The maximum atomic E-state index is 11.8. The lowest BCUT2D eigenvalue weighted by molar-refractivity contribution is 0.0520. The summed E-state index contributed by atoms with van der Waals surface area (Å²) in [6, 6.07) is 10.1. The maximum Gasteiger partial charge on any atom is 0.357 e. The Labute approximate surface area is 171 Å². The zero-order chi connectivity index (χ0) is 19.2. The third-order valence-electron chi connectivity index (χ3n) is 3.69. The highest BCUT2D eigenvalue weighted by molar-refractivity contribution is 7.80. The first kappa shape index (κ1) is 19.6. The predicted molar refractivity (Wildman–Crippen MR) is 113 cm³/mol. The average molecular weight is 418 g/mol. The van der Waals surface area contributed by atoms with E-state index in [4.69, 9.17) is 17.0 Å². The number of ether oxygens (including phenoxy) is 1. The molecule has 140 valence electrons. The number of benzene rings is 1. The summed E-state index contributed by atoms with van der Waals surface area (Å²) in [4.78, 5) is 21.5. The monoisotopic (exact) mass is 417 g/mol. The van der Waals surface area contributed by atoms with E-state index in [2.05, 4.69) is 27.4 Å². The zero-order valence-corrected chi connectivity index (χ0v) is 17.4. The molecular weight excluding hydrogens is 398 g/mol. The molecule has 0 fully saturated rings. The Bertz CT molecular complexity index is 921. The van der Waals surface area contributed by atoms with Gasteiger partial charge in [-0.15, -0.1) is 22.7 Å². The first-order chi connectivity index (χ1) is 13.1. The van der Waals surface area contributed by atoms with Crippen LogP contribution in [-0.4, -0.2) is 27.5 Å². The lowest BCUT2D eigenvalue weighted by atomic mass is 10.1. The van der Waals surface area contributed by atoms with E-state index in [1.165, 1.54) is 16.9 Å². The smallest absolute Gasteiger partial charge is 0.357 e. The second-order valence-electron chi connectivity index (χ2n) is 5.78. The standard InChI is InChI=1S/C19H19N3O2S3/c1-3-24-19(23)15-11-27-18(22-15)14-10-26-17(21-14)12(2)20-16(25)9-13-7-5-4-6-8-13/h4-8,10-12H,3,9H2,1-2H3,(H,20,25)/t12-/m1/s1. The topological polar surface area (TPSA) is 64.1 Å².